The van der Waals surface area contributed by atoms with Crippen LogP contribution in [0.5, 0.6) is 0 Å². The molecule has 2 aromatic carbocycles. The highest BCUT2D eigenvalue weighted by molar-refractivity contribution is 6.00. The van der Waals surface area contributed by atoms with Gasteiger partial charge < -0.3 is 29.8 Å². The monoisotopic (exact) mass is 544 g/mol. The minimum Gasteiger partial charge on any atom is -0.434 e. The number of halogens is 2. The molecule has 3 atom stereocenters. The van der Waals surface area contributed by atoms with Gasteiger partial charge in [-0.1, -0.05) is 42.5 Å². The lowest BCUT2D eigenvalue weighted by atomic mass is 9.88. The number of amides is 3. The van der Waals surface area contributed by atoms with Crippen LogP contribution in [0, 0.1) is 5.92 Å². The molecule has 3 unspecified atom stereocenters. The maximum atomic E-state index is 15.4. The summed E-state index contributed by atoms with van der Waals surface area (Å²) >= 11 is 0. The number of nitrogens with one attached hydrogen (secondary N) is 1. The van der Waals surface area contributed by atoms with Crippen LogP contribution < -0.4 is 11.1 Å². The number of morpholine rings is 1. The number of fused-ring (bicyclic) bond motifs is 1. The van der Waals surface area contributed by atoms with Crippen LogP contribution in [0.4, 0.5) is 13.6 Å². The number of para-hydroxylation sites is 2. The van der Waals surface area contributed by atoms with Gasteiger partial charge in [-0.05, 0) is 17.7 Å². The van der Waals surface area contributed by atoms with Crippen molar-refractivity contribution in [1.29, 1.82) is 0 Å². The second-order valence-electron chi connectivity index (χ2n) is 9.37. The number of oxazole rings is 1. The molecule has 0 radical (unpaired) electrons. The van der Waals surface area contributed by atoms with E-state index in [9.17, 15) is 14.4 Å². The Morgan fingerprint density at radius 3 is 2.59 bits per heavy atom. The van der Waals surface area contributed by atoms with E-state index < -0.39 is 54.5 Å². The highest BCUT2D eigenvalue weighted by atomic mass is 19.3. The molecule has 3 amide bonds. The summed E-state index contributed by atoms with van der Waals surface area (Å²) in [5, 5.41) is 2.52. The molecular weight excluding hydrogens is 514 g/mol. The van der Waals surface area contributed by atoms with Gasteiger partial charge in [0.1, 0.15) is 11.6 Å². The van der Waals surface area contributed by atoms with Gasteiger partial charge >= 0.3 is 6.03 Å². The van der Waals surface area contributed by atoms with E-state index >= 15 is 8.78 Å². The quantitative estimate of drug-likeness (QED) is 0.354. The minimum atomic E-state index is -3.33. The number of nitrogens with two attached hydrogens (primary N) is 1. The molecule has 1 aliphatic heterocycles. The van der Waals surface area contributed by atoms with Crippen LogP contribution >= 0.6 is 0 Å². The first-order chi connectivity index (χ1) is 18.7. The van der Waals surface area contributed by atoms with Crippen LogP contribution in [-0.2, 0) is 20.7 Å². The van der Waals surface area contributed by atoms with Crippen molar-refractivity contribution >= 4 is 28.8 Å². The van der Waals surface area contributed by atoms with Crippen molar-refractivity contribution in [2.75, 3.05) is 33.5 Å². The summed E-state index contributed by atoms with van der Waals surface area (Å²) in [6, 6.07) is 11.7. The Hall–Kier alpha value is -3.90. The Balaban J connectivity index is 1.60. The molecule has 0 bridgehead atoms. The van der Waals surface area contributed by atoms with Crippen LogP contribution in [0.25, 0.3) is 11.1 Å². The number of aromatic nitrogens is 1. The molecule has 1 aromatic heterocycles. The smallest absolute Gasteiger partial charge is 0.315 e. The Bertz CT molecular complexity index is 1270. The topological polar surface area (TPSA) is 137 Å². The second-order valence-corrected chi connectivity index (χ2v) is 9.37. The van der Waals surface area contributed by atoms with Gasteiger partial charge in [0.2, 0.25) is 11.7 Å². The van der Waals surface area contributed by atoms with E-state index in [2.05, 4.69) is 10.3 Å². The molecule has 0 aliphatic carbocycles. The van der Waals surface area contributed by atoms with Crippen molar-refractivity contribution < 1.29 is 37.1 Å². The molecule has 0 spiro atoms. The van der Waals surface area contributed by atoms with E-state index in [1.807, 2.05) is 0 Å². The summed E-state index contributed by atoms with van der Waals surface area (Å²) < 4.78 is 46.8. The van der Waals surface area contributed by atoms with Gasteiger partial charge in [0.05, 0.1) is 31.8 Å². The van der Waals surface area contributed by atoms with E-state index in [0.29, 0.717) is 16.7 Å². The molecule has 2 heterocycles. The lowest BCUT2D eigenvalue weighted by Gasteiger charge is -2.39. The van der Waals surface area contributed by atoms with Crippen LogP contribution in [-0.4, -0.2) is 79.1 Å². The number of alkyl halides is 2. The Morgan fingerprint density at radius 2 is 1.90 bits per heavy atom. The number of methoxy groups -OCH3 is 1. The van der Waals surface area contributed by atoms with Gasteiger partial charge in [-0.15, -0.1) is 0 Å². The van der Waals surface area contributed by atoms with Crippen LogP contribution in [0.2, 0.25) is 0 Å². The summed E-state index contributed by atoms with van der Waals surface area (Å²) in [5.74, 6) is -6.61. The molecule has 208 valence electrons. The number of nitrogens with zero attached hydrogens (tertiary/aromatic N) is 2. The van der Waals surface area contributed by atoms with Crippen molar-refractivity contribution in [3.8, 4) is 0 Å². The highest BCUT2D eigenvalue weighted by Gasteiger charge is 2.44. The van der Waals surface area contributed by atoms with E-state index in [-0.39, 0.29) is 32.3 Å². The molecule has 1 fully saturated rings. The van der Waals surface area contributed by atoms with Crippen molar-refractivity contribution in [3.05, 3.63) is 66.1 Å². The zero-order valence-electron chi connectivity index (χ0n) is 21.3. The number of carbonyl (C=O) groups is 3. The zero-order valence-corrected chi connectivity index (χ0v) is 21.3. The molecule has 1 aliphatic rings. The lowest BCUT2D eigenvalue weighted by Crippen LogP contribution is -2.59. The van der Waals surface area contributed by atoms with Gasteiger partial charge in [-0.25, -0.2) is 18.6 Å². The fourth-order valence-electron chi connectivity index (χ4n) is 4.68. The van der Waals surface area contributed by atoms with Crippen molar-refractivity contribution in [3.63, 3.8) is 0 Å². The number of hydrogen-bond acceptors (Lipinski definition) is 7. The molecule has 0 saturated carbocycles. The minimum absolute atomic E-state index is 0.0391. The van der Waals surface area contributed by atoms with Gasteiger partial charge in [0.25, 0.3) is 11.8 Å². The SMILES string of the molecule is COCC(NC(=O)C(CC(F)(F)Cc1ccccc1)C1COCCN1C(N)=O)C(=O)c1nc2ccccc2o1. The Morgan fingerprint density at radius 1 is 1.18 bits per heavy atom. The molecule has 39 heavy (non-hydrogen) atoms. The first kappa shape index (κ1) is 28.1. The van der Waals surface area contributed by atoms with Crippen LogP contribution in [0.3, 0.4) is 0 Å². The van der Waals surface area contributed by atoms with Crippen molar-refractivity contribution in [2.24, 2.45) is 11.7 Å². The molecular formula is C27H30F2N4O6. The Labute approximate surface area is 223 Å². The summed E-state index contributed by atoms with van der Waals surface area (Å²) in [6.45, 7) is -0.248. The van der Waals surface area contributed by atoms with E-state index in [1.54, 1.807) is 54.6 Å². The van der Waals surface area contributed by atoms with Gasteiger partial charge in [-0.3, -0.25) is 9.59 Å². The third kappa shape index (κ3) is 6.95. The number of hydrogen-bond donors (Lipinski definition) is 2. The van der Waals surface area contributed by atoms with E-state index in [4.69, 9.17) is 19.6 Å². The van der Waals surface area contributed by atoms with Crippen molar-refractivity contribution in [1.82, 2.24) is 15.2 Å². The normalized spacial score (nSPS) is 17.5. The van der Waals surface area contributed by atoms with E-state index in [0.717, 1.165) is 4.90 Å². The largest absolute Gasteiger partial charge is 0.434 e. The van der Waals surface area contributed by atoms with Gasteiger partial charge in [0, 0.05) is 26.5 Å². The maximum absolute atomic E-state index is 15.4. The maximum Gasteiger partial charge on any atom is 0.315 e. The predicted molar refractivity (Wildman–Crippen MR) is 136 cm³/mol. The fraction of sp³-hybridized carbons (Fsp3) is 0.407. The number of carbonyl (C=O) groups excluding carboxylic acids is 3. The number of rotatable bonds is 11. The summed E-state index contributed by atoms with van der Waals surface area (Å²) in [7, 11) is 1.33. The average molecular weight is 545 g/mol. The second kappa shape index (κ2) is 12.3. The lowest BCUT2D eigenvalue weighted by molar-refractivity contribution is -0.135. The molecule has 3 N–H and O–H groups in total. The van der Waals surface area contributed by atoms with E-state index in [1.165, 1.54) is 7.11 Å². The Kier molecular flexibility index (Phi) is 8.87. The number of ether oxygens (including phenoxy) is 2. The first-order valence-corrected chi connectivity index (χ1v) is 12.4. The molecule has 12 heteroatoms. The number of Topliss-reactive ketones (excluding diaryl/α,β-unsaturated/α-hetero) is 1. The van der Waals surface area contributed by atoms with Crippen LogP contribution in [0.1, 0.15) is 22.7 Å². The number of urea groups is 1. The number of primary amides is 1. The van der Waals surface area contributed by atoms with Gasteiger partial charge in [-0.2, -0.15) is 0 Å². The molecule has 10 nitrogen and oxygen atoms in total. The van der Waals surface area contributed by atoms with Gasteiger partial charge in [0.15, 0.2) is 5.58 Å². The summed E-state index contributed by atoms with van der Waals surface area (Å²) in [4.78, 5) is 44.3. The van der Waals surface area contributed by atoms with Crippen LogP contribution in [0.15, 0.2) is 59.0 Å². The highest BCUT2D eigenvalue weighted by Crippen LogP contribution is 2.32. The molecule has 4 rings (SSSR count). The third-order valence-electron chi connectivity index (χ3n) is 6.54. The van der Waals surface area contributed by atoms with Crippen molar-refractivity contribution in [2.45, 2.75) is 30.8 Å². The standard InChI is InChI=1S/C27H30F2N4O6/c1-37-15-20(23(34)25-32-19-9-5-6-10-22(19)39-25)31-24(35)18(21-16-38-12-11-33(21)26(30)36)14-27(28,29)13-17-7-3-2-4-8-17/h2-10,18,20-21H,11-16H2,1H3,(H2,30,36)(H,31,35). The molecule has 1 saturated heterocycles. The summed E-state index contributed by atoms with van der Waals surface area (Å²) in [6.07, 6.45) is -1.53. The fourth-order valence-corrected chi connectivity index (χ4v) is 4.68. The summed E-state index contributed by atoms with van der Waals surface area (Å²) in [5.41, 5.74) is 6.71. The zero-order chi connectivity index (χ0) is 28.0. The molecule has 3 aromatic rings. The number of benzene rings is 2. The first-order valence-electron chi connectivity index (χ1n) is 12.4. The number of ketones is 1. The predicted octanol–water partition coefficient (Wildman–Crippen LogP) is 2.81. The third-order valence-corrected chi connectivity index (χ3v) is 6.54. The average Bonchev–Trinajstić information content (AvgIpc) is 3.36.